The lowest BCUT2D eigenvalue weighted by Crippen LogP contribution is -2.41. The average molecular weight is 322 g/mol. The predicted molar refractivity (Wildman–Crippen MR) is 85.0 cm³/mol. The number of likely N-dealkylation sites (tertiary alicyclic amines) is 2. The maximum atomic E-state index is 13.3. The molecule has 2 fully saturated rings. The molecule has 126 valence electrons. The van der Waals surface area contributed by atoms with Gasteiger partial charge in [-0.2, -0.15) is 0 Å². The van der Waals surface area contributed by atoms with Crippen molar-refractivity contribution < 1.29 is 13.6 Å². The molecule has 1 aromatic carbocycles. The molecule has 0 aromatic heterocycles. The molecule has 0 bridgehead atoms. The molecular weight excluding hydrogens is 298 g/mol. The van der Waals surface area contributed by atoms with E-state index in [1.165, 1.54) is 31.4 Å². The number of nitrogens with zero attached hydrogens (tertiary/aromatic N) is 2. The van der Waals surface area contributed by atoms with Gasteiger partial charge in [-0.05, 0) is 62.4 Å². The highest BCUT2D eigenvalue weighted by Gasteiger charge is 2.27. The molecule has 23 heavy (non-hydrogen) atoms. The first-order chi connectivity index (χ1) is 11.1. The van der Waals surface area contributed by atoms with Crippen LogP contribution in [0.15, 0.2) is 18.2 Å². The SMILES string of the molecule is O=C(CN1CCCCC1)N1CCC(Cc2cc(F)cc(F)c2)C1. The third-order valence-corrected chi connectivity index (χ3v) is 4.89. The predicted octanol–water partition coefficient (Wildman–Crippen LogP) is 2.84. The first-order valence-electron chi connectivity index (χ1n) is 8.55. The Labute approximate surface area is 136 Å². The van der Waals surface area contributed by atoms with Crippen LogP contribution in [0.1, 0.15) is 31.2 Å². The number of amides is 1. The molecule has 0 saturated carbocycles. The minimum atomic E-state index is -0.531. The first-order valence-corrected chi connectivity index (χ1v) is 8.55. The monoisotopic (exact) mass is 322 g/mol. The zero-order valence-corrected chi connectivity index (χ0v) is 13.4. The Morgan fingerprint density at radius 3 is 2.43 bits per heavy atom. The fourth-order valence-corrected chi connectivity index (χ4v) is 3.70. The minimum Gasteiger partial charge on any atom is -0.341 e. The second kappa shape index (κ2) is 7.39. The van der Waals surface area contributed by atoms with Crippen molar-refractivity contribution in [3.8, 4) is 0 Å². The number of carbonyl (C=O) groups is 1. The highest BCUT2D eigenvalue weighted by molar-refractivity contribution is 5.78. The number of rotatable bonds is 4. The van der Waals surface area contributed by atoms with Crippen LogP contribution >= 0.6 is 0 Å². The summed E-state index contributed by atoms with van der Waals surface area (Å²) in [7, 11) is 0. The maximum Gasteiger partial charge on any atom is 0.236 e. The first kappa shape index (κ1) is 16.4. The van der Waals surface area contributed by atoms with E-state index < -0.39 is 11.6 Å². The van der Waals surface area contributed by atoms with Gasteiger partial charge in [-0.3, -0.25) is 9.69 Å². The molecular formula is C18H24F2N2O. The molecule has 5 heteroatoms. The van der Waals surface area contributed by atoms with Crippen LogP contribution in [-0.2, 0) is 11.2 Å². The molecule has 2 heterocycles. The van der Waals surface area contributed by atoms with Gasteiger partial charge in [0.1, 0.15) is 11.6 Å². The van der Waals surface area contributed by atoms with E-state index in [1.807, 2.05) is 4.90 Å². The fourth-order valence-electron chi connectivity index (χ4n) is 3.70. The second-order valence-corrected chi connectivity index (χ2v) is 6.81. The summed E-state index contributed by atoms with van der Waals surface area (Å²) in [4.78, 5) is 16.5. The van der Waals surface area contributed by atoms with Crippen molar-refractivity contribution in [2.45, 2.75) is 32.1 Å². The van der Waals surface area contributed by atoms with Gasteiger partial charge < -0.3 is 4.90 Å². The summed E-state index contributed by atoms with van der Waals surface area (Å²) in [6, 6.07) is 3.68. The summed E-state index contributed by atoms with van der Waals surface area (Å²) in [6.07, 6.45) is 5.16. The number of carbonyl (C=O) groups excluding carboxylic acids is 1. The lowest BCUT2D eigenvalue weighted by atomic mass is 9.98. The molecule has 1 aromatic rings. The topological polar surface area (TPSA) is 23.6 Å². The molecule has 3 rings (SSSR count). The summed E-state index contributed by atoms with van der Waals surface area (Å²) >= 11 is 0. The van der Waals surface area contributed by atoms with Gasteiger partial charge in [0.2, 0.25) is 5.91 Å². The van der Waals surface area contributed by atoms with Crippen LogP contribution in [0.3, 0.4) is 0 Å². The van der Waals surface area contributed by atoms with Crippen molar-refractivity contribution in [1.82, 2.24) is 9.80 Å². The molecule has 1 amide bonds. The number of hydrogen-bond acceptors (Lipinski definition) is 2. The van der Waals surface area contributed by atoms with E-state index >= 15 is 0 Å². The van der Waals surface area contributed by atoms with E-state index in [2.05, 4.69) is 4.90 Å². The van der Waals surface area contributed by atoms with Crippen molar-refractivity contribution >= 4 is 5.91 Å². The zero-order valence-electron chi connectivity index (χ0n) is 13.4. The Kier molecular flexibility index (Phi) is 5.26. The highest BCUT2D eigenvalue weighted by atomic mass is 19.1. The van der Waals surface area contributed by atoms with Crippen molar-refractivity contribution in [2.75, 3.05) is 32.7 Å². The third-order valence-electron chi connectivity index (χ3n) is 4.89. The molecule has 1 atom stereocenters. The zero-order chi connectivity index (χ0) is 16.2. The lowest BCUT2D eigenvalue weighted by Gasteiger charge is -2.28. The molecule has 2 aliphatic rings. The lowest BCUT2D eigenvalue weighted by molar-refractivity contribution is -0.131. The van der Waals surface area contributed by atoms with Crippen molar-refractivity contribution in [2.24, 2.45) is 5.92 Å². The number of hydrogen-bond donors (Lipinski definition) is 0. The largest absolute Gasteiger partial charge is 0.341 e. The van der Waals surface area contributed by atoms with Crippen LogP contribution in [0.2, 0.25) is 0 Å². The van der Waals surface area contributed by atoms with Crippen LogP contribution in [0.5, 0.6) is 0 Å². The van der Waals surface area contributed by atoms with E-state index in [0.717, 1.165) is 32.1 Å². The summed E-state index contributed by atoms with van der Waals surface area (Å²) in [6.45, 7) is 4.01. The summed E-state index contributed by atoms with van der Waals surface area (Å²) in [5, 5.41) is 0. The van der Waals surface area contributed by atoms with Crippen LogP contribution in [-0.4, -0.2) is 48.4 Å². The molecule has 0 aliphatic carbocycles. The number of halogens is 2. The summed E-state index contributed by atoms with van der Waals surface area (Å²) < 4.78 is 26.5. The van der Waals surface area contributed by atoms with Crippen LogP contribution in [0.4, 0.5) is 8.78 Å². The van der Waals surface area contributed by atoms with E-state index in [1.54, 1.807) is 0 Å². The van der Waals surface area contributed by atoms with Gasteiger partial charge in [0.05, 0.1) is 6.54 Å². The van der Waals surface area contributed by atoms with E-state index in [-0.39, 0.29) is 5.91 Å². The minimum absolute atomic E-state index is 0.194. The molecule has 0 N–H and O–H groups in total. The maximum absolute atomic E-state index is 13.3. The van der Waals surface area contributed by atoms with Gasteiger partial charge in [-0.15, -0.1) is 0 Å². The normalized spacial score (nSPS) is 22.5. The summed E-state index contributed by atoms with van der Waals surface area (Å²) in [5.41, 5.74) is 0.679. The van der Waals surface area contributed by atoms with Gasteiger partial charge in [-0.25, -0.2) is 8.78 Å². The van der Waals surface area contributed by atoms with Crippen molar-refractivity contribution in [3.63, 3.8) is 0 Å². The van der Waals surface area contributed by atoms with Gasteiger partial charge in [0, 0.05) is 19.2 Å². The van der Waals surface area contributed by atoms with Crippen LogP contribution < -0.4 is 0 Å². The standard InChI is InChI=1S/C18H24F2N2O/c19-16-9-15(10-17(20)11-16)8-14-4-7-22(12-14)18(23)13-21-5-2-1-3-6-21/h9-11,14H,1-8,12-13H2. The molecule has 0 radical (unpaired) electrons. The molecule has 2 aliphatic heterocycles. The van der Waals surface area contributed by atoms with E-state index in [9.17, 15) is 13.6 Å². The second-order valence-electron chi connectivity index (χ2n) is 6.81. The third kappa shape index (κ3) is 4.50. The van der Waals surface area contributed by atoms with Crippen LogP contribution in [0.25, 0.3) is 0 Å². The van der Waals surface area contributed by atoms with Gasteiger partial charge in [0.15, 0.2) is 0 Å². The Morgan fingerprint density at radius 1 is 1.04 bits per heavy atom. The number of piperidine rings is 1. The molecule has 3 nitrogen and oxygen atoms in total. The van der Waals surface area contributed by atoms with E-state index in [0.29, 0.717) is 31.0 Å². The number of benzene rings is 1. The summed E-state index contributed by atoms with van der Waals surface area (Å²) in [5.74, 6) is -0.576. The van der Waals surface area contributed by atoms with Crippen molar-refractivity contribution in [3.05, 3.63) is 35.4 Å². The van der Waals surface area contributed by atoms with E-state index in [4.69, 9.17) is 0 Å². The molecule has 1 unspecified atom stereocenters. The van der Waals surface area contributed by atoms with Gasteiger partial charge >= 0.3 is 0 Å². The smallest absolute Gasteiger partial charge is 0.236 e. The van der Waals surface area contributed by atoms with Crippen molar-refractivity contribution in [1.29, 1.82) is 0 Å². The average Bonchev–Trinajstić information content (AvgIpc) is 2.96. The van der Waals surface area contributed by atoms with Gasteiger partial charge in [0.25, 0.3) is 0 Å². The van der Waals surface area contributed by atoms with Crippen LogP contribution in [0, 0.1) is 17.6 Å². The van der Waals surface area contributed by atoms with Gasteiger partial charge in [-0.1, -0.05) is 6.42 Å². The molecule has 2 saturated heterocycles. The Hall–Kier alpha value is -1.49. The quantitative estimate of drug-likeness (QED) is 0.851. The fraction of sp³-hybridized carbons (Fsp3) is 0.611. The Morgan fingerprint density at radius 2 is 1.74 bits per heavy atom. The highest BCUT2D eigenvalue weighted by Crippen LogP contribution is 2.22. The molecule has 0 spiro atoms. The Bertz CT molecular complexity index is 538. The Balaban J connectivity index is 1.50.